The van der Waals surface area contributed by atoms with Crippen molar-refractivity contribution in [1.29, 1.82) is 0 Å². The second-order valence-corrected chi connectivity index (χ2v) is 4.00. The van der Waals surface area contributed by atoms with E-state index in [4.69, 9.17) is 21.1 Å². The van der Waals surface area contributed by atoms with E-state index >= 15 is 0 Å². The molecule has 1 rings (SSSR count). The molecule has 0 fully saturated rings. The molecule has 0 bridgehead atoms. The van der Waals surface area contributed by atoms with Gasteiger partial charge in [-0.05, 0) is 26.0 Å². The maximum absolute atomic E-state index is 5.62. The van der Waals surface area contributed by atoms with Crippen LogP contribution in [-0.4, -0.2) is 26.1 Å². The van der Waals surface area contributed by atoms with E-state index in [1.54, 1.807) is 7.11 Å². The van der Waals surface area contributed by atoms with E-state index in [-0.39, 0.29) is 0 Å². The predicted molar refractivity (Wildman–Crippen MR) is 71.2 cm³/mol. The van der Waals surface area contributed by atoms with Gasteiger partial charge < -0.3 is 14.8 Å². The van der Waals surface area contributed by atoms with Crippen LogP contribution in [0.5, 0.6) is 11.5 Å². The monoisotopic (exact) mass is 257 g/mol. The maximum atomic E-state index is 5.62. The number of rotatable bonds is 8. The molecule has 1 N–H and O–H groups in total. The van der Waals surface area contributed by atoms with Crippen molar-refractivity contribution >= 4 is 11.6 Å². The molecule has 0 aliphatic heterocycles. The van der Waals surface area contributed by atoms with Gasteiger partial charge >= 0.3 is 0 Å². The van der Waals surface area contributed by atoms with Crippen LogP contribution < -0.4 is 14.8 Å². The summed E-state index contributed by atoms with van der Waals surface area (Å²) in [4.78, 5) is 0. The summed E-state index contributed by atoms with van der Waals surface area (Å²) in [6.45, 7) is 4.33. The number of hydrogen-bond donors (Lipinski definition) is 1. The highest BCUT2D eigenvalue weighted by Crippen LogP contribution is 2.24. The number of methoxy groups -OCH3 is 1. The van der Waals surface area contributed by atoms with Gasteiger partial charge in [-0.1, -0.05) is 6.07 Å². The van der Waals surface area contributed by atoms with E-state index in [9.17, 15) is 0 Å². The molecule has 0 heterocycles. The third-order valence-corrected chi connectivity index (χ3v) is 2.64. The Hall–Kier alpha value is -0.930. The molecule has 0 unspecified atom stereocenters. The Morgan fingerprint density at radius 1 is 1.35 bits per heavy atom. The fraction of sp³-hybridized carbons (Fsp3) is 0.538. The molecule has 1 aromatic carbocycles. The summed E-state index contributed by atoms with van der Waals surface area (Å²) in [7, 11) is 1.67. The lowest BCUT2D eigenvalue weighted by Gasteiger charge is -2.11. The molecular formula is C13H20ClNO2. The molecule has 0 atom stereocenters. The molecule has 1 aromatic rings. The van der Waals surface area contributed by atoms with Gasteiger partial charge in [0.1, 0.15) is 11.5 Å². The van der Waals surface area contributed by atoms with E-state index in [1.165, 1.54) is 0 Å². The summed E-state index contributed by atoms with van der Waals surface area (Å²) < 4.78 is 10.8. The first kappa shape index (κ1) is 14.1. The second-order valence-electron chi connectivity index (χ2n) is 3.63. The topological polar surface area (TPSA) is 30.5 Å². The highest BCUT2D eigenvalue weighted by molar-refractivity contribution is 6.17. The molecule has 0 aromatic heterocycles. The number of benzene rings is 1. The van der Waals surface area contributed by atoms with E-state index in [0.29, 0.717) is 12.5 Å². The molecule has 96 valence electrons. The van der Waals surface area contributed by atoms with Gasteiger partial charge in [0.25, 0.3) is 0 Å². The zero-order chi connectivity index (χ0) is 12.5. The van der Waals surface area contributed by atoms with Crippen LogP contribution in [0.25, 0.3) is 0 Å². The quantitative estimate of drug-likeness (QED) is 0.574. The van der Waals surface area contributed by atoms with Gasteiger partial charge in [0.2, 0.25) is 0 Å². The van der Waals surface area contributed by atoms with Crippen molar-refractivity contribution in [3.8, 4) is 11.5 Å². The standard InChI is InChI=1S/C13H20ClNO2/c1-3-17-12-6-5-11(13(9-12)16-2)10-15-8-4-7-14/h5-6,9,15H,3-4,7-8,10H2,1-2H3. The van der Waals surface area contributed by atoms with Crippen molar-refractivity contribution in [1.82, 2.24) is 5.32 Å². The minimum absolute atomic E-state index is 0.663. The van der Waals surface area contributed by atoms with Gasteiger partial charge in [0, 0.05) is 24.1 Å². The predicted octanol–water partition coefficient (Wildman–Crippen LogP) is 2.81. The summed E-state index contributed by atoms with van der Waals surface area (Å²) in [5, 5.41) is 3.32. The maximum Gasteiger partial charge on any atom is 0.127 e. The average Bonchev–Trinajstić information content (AvgIpc) is 2.36. The molecule has 3 nitrogen and oxygen atoms in total. The van der Waals surface area contributed by atoms with Crippen LogP contribution in [-0.2, 0) is 6.54 Å². The van der Waals surface area contributed by atoms with Crippen LogP contribution in [0, 0.1) is 0 Å². The van der Waals surface area contributed by atoms with E-state index in [0.717, 1.165) is 36.6 Å². The third kappa shape index (κ3) is 4.84. The summed E-state index contributed by atoms with van der Waals surface area (Å²) in [6.07, 6.45) is 0.973. The minimum atomic E-state index is 0.663. The normalized spacial score (nSPS) is 10.3. The first-order valence-corrected chi connectivity index (χ1v) is 6.41. The molecule has 4 heteroatoms. The molecule has 17 heavy (non-hydrogen) atoms. The number of halogens is 1. The number of ether oxygens (including phenoxy) is 2. The van der Waals surface area contributed by atoms with Crippen LogP contribution in [0.1, 0.15) is 18.9 Å². The lowest BCUT2D eigenvalue weighted by atomic mass is 10.2. The Bertz CT molecular complexity index is 331. The van der Waals surface area contributed by atoms with Crippen molar-refractivity contribution in [2.75, 3.05) is 26.1 Å². The lowest BCUT2D eigenvalue weighted by Crippen LogP contribution is -2.15. The largest absolute Gasteiger partial charge is 0.496 e. The van der Waals surface area contributed by atoms with Crippen LogP contribution in [0.4, 0.5) is 0 Å². The molecule has 0 radical (unpaired) electrons. The van der Waals surface area contributed by atoms with Crippen molar-refractivity contribution in [2.45, 2.75) is 19.9 Å². The second kappa shape index (κ2) is 8.20. The highest BCUT2D eigenvalue weighted by Gasteiger charge is 2.04. The average molecular weight is 258 g/mol. The van der Waals surface area contributed by atoms with Crippen LogP contribution in [0.15, 0.2) is 18.2 Å². The Morgan fingerprint density at radius 2 is 2.18 bits per heavy atom. The first-order chi connectivity index (χ1) is 8.31. The Morgan fingerprint density at radius 3 is 2.82 bits per heavy atom. The zero-order valence-electron chi connectivity index (χ0n) is 10.5. The van der Waals surface area contributed by atoms with Gasteiger partial charge in [-0.3, -0.25) is 0 Å². The Labute approximate surface area is 108 Å². The van der Waals surface area contributed by atoms with Gasteiger partial charge in [-0.15, -0.1) is 11.6 Å². The van der Waals surface area contributed by atoms with Crippen LogP contribution >= 0.6 is 11.6 Å². The third-order valence-electron chi connectivity index (χ3n) is 2.37. The van der Waals surface area contributed by atoms with E-state index in [1.807, 2.05) is 25.1 Å². The van der Waals surface area contributed by atoms with Gasteiger partial charge in [-0.25, -0.2) is 0 Å². The zero-order valence-corrected chi connectivity index (χ0v) is 11.2. The number of nitrogens with one attached hydrogen (secondary N) is 1. The van der Waals surface area contributed by atoms with E-state index < -0.39 is 0 Å². The van der Waals surface area contributed by atoms with Gasteiger partial charge in [0.15, 0.2) is 0 Å². The van der Waals surface area contributed by atoms with Crippen LogP contribution in [0.3, 0.4) is 0 Å². The summed E-state index contributed by atoms with van der Waals surface area (Å²) in [6, 6.07) is 5.91. The van der Waals surface area contributed by atoms with Crippen molar-refractivity contribution in [3.63, 3.8) is 0 Å². The summed E-state index contributed by atoms with van der Waals surface area (Å²) >= 11 is 5.62. The molecule has 0 aliphatic carbocycles. The molecule has 0 amide bonds. The molecule has 0 saturated carbocycles. The summed E-state index contributed by atoms with van der Waals surface area (Å²) in [5.41, 5.74) is 1.13. The lowest BCUT2D eigenvalue weighted by molar-refractivity contribution is 0.335. The molecule has 0 saturated heterocycles. The summed E-state index contributed by atoms with van der Waals surface area (Å²) in [5.74, 6) is 2.39. The molecule has 0 spiro atoms. The fourth-order valence-corrected chi connectivity index (χ4v) is 1.68. The SMILES string of the molecule is CCOc1ccc(CNCCCCl)c(OC)c1. The molecule has 0 aliphatic rings. The van der Waals surface area contributed by atoms with E-state index in [2.05, 4.69) is 5.32 Å². The van der Waals surface area contributed by atoms with Gasteiger partial charge in [0.05, 0.1) is 13.7 Å². The van der Waals surface area contributed by atoms with Crippen LogP contribution in [0.2, 0.25) is 0 Å². The highest BCUT2D eigenvalue weighted by atomic mass is 35.5. The van der Waals surface area contributed by atoms with Crippen molar-refractivity contribution in [3.05, 3.63) is 23.8 Å². The number of hydrogen-bond acceptors (Lipinski definition) is 3. The fourth-order valence-electron chi connectivity index (χ4n) is 1.54. The molecular weight excluding hydrogens is 238 g/mol. The minimum Gasteiger partial charge on any atom is -0.496 e. The van der Waals surface area contributed by atoms with Crippen molar-refractivity contribution < 1.29 is 9.47 Å². The number of alkyl halides is 1. The first-order valence-electron chi connectivity index (χ1n) is 5.88. The van der Waals surface area contributed by atoms with Crippen molar-refractivity contribution in [2.24, 2.45) is 0 Å². The van der Waals surface area contributed by atoms with Gasteiger partial charge in [-0.2, -0.15) is 0 Å². The smallest absolute Gasteiger partial charge is 0.127 e. The Kier molecular flexibility index (Phi) is 6.82. The Balaban J connectivity index is 2.58.